The van der Waals surface area contributed by atoms with E-state index in [4.69, 9.17) is 11.0 Å². The molecular weight excluding hydrogens is 234 g/mol. The molecule has 0 saturated heterocycles. The molecular formula is C16H23N3. The van der Waals surface area contributed by atoms with Crippen molar-refractivity contribution in [3.63, 3.8) is 0 Å². The number of nitrogens with one attached hydrogen (secondary N) is 1. The van der Waals surface area contributed by atoms with Gasteiger partial charge in [-0.25, -0.2) is 0 Å². The predicted octanol–water partition coefficient (Wildman–Crippen LogP) is 3.91. The van der Waals surface area contributed by atoms with Crippen LogP contribution in [0.3, 0.4) is 0 Å². The van der Waals surface area contributed by atoms with Gasteiger partial charge in [-0.05, 0) is 49.8 Å². The van der Waals surface area contributed by atoms with E-state index in [1.165, 1.54) is 38.5 Å². The first-order chi connectivity index (χ1) is 9.22. The summed E-state index contributed by atoms with van der Waals surface area (Å²) in [7, 11) is 0. The lowest BCUT2D eigenvalue weighted by Crippen LogP contribution is -2.26. The smallest absolute Gasteiger partial charge is 0.101 e. The second-order valence-corrected chi connectivity index (χ2v) is 5.57. The Kier molecular flexibility index (Phi) is 4.68. The summed E-state index contributed by atoms with van der Waals surface area (Å²) in [5.74, 6) is 0.907. The summed E-state index contributed by atoms with van der Waals surface area (Å²) in [4.78, 5) is 0. The summed E-state index contributed by atoms with van der Waals surface area (Å²) >= 11 is 0. The van der Waals surface area contributed by atoms with Gasteiger partial charge in [0.05, 0.1) is 11.3 Å². The van der Waals surface area contributed by atoms with Crippen LogP contribution >= 0.6 is 0 Å². The summed E-state index contributed by atoms with van der Waals surface area (Å²) in [6.45, 7) is 2.26. The van der Waals surface area contributed by atoms with Gasteiger partial charge in [-0.2, -0.15) is 5.26 Å². The van der Waals surface area contributed by atoms with Crippen LogP contribution in [0.25, 0.3) is 0 Å². The quantitative estimate of drug-likeness (QED) is 0.804. The molecule has 19 heavy (non-hydrogen) atoms. The van der Waals surface area contributed by atoms with Crippen LogP contribution in [-0.2, 0) is 0 Å². The Bertz CT molecular complexity index is 454. The third-order valence-electron chi connectivity index (χ3n) is 4.07. The second kappa shape index (κ2) is 6.47. The van der Waals surface area contributed by atoms with Crippen LogP contribution in [0.2, 0.25) is 0 Å². The molecule has 0 unspecified atom stereocenters. The Morgan fingerprint density at radius 2 is 2.05 bits per heavy atom. The molecule has 1 aliphatic rings. The third-order valence-corrected chi connectivity index (χ3v) is 4.07. The average Bonchev–Trinajstić information content (AvgIpc) is 2.43. The zero-order valence-corrected chi connectivity index (χ0v) is 11.7. The fraction of sp³-hybridized carbons (Fsp3) is 0.562. The van der Waals surface area contributed by atoms with Gasteiger partial charge in [-0.15, -0.1) is 0 Å². The molecule has 102 valence electrons. The van der Waals surface area contributed by atoms with Crippen molar-refractivity contribution in [3.8, 4) is 6.07 Å². The van der Waals surface area contributed by atoms with Crippen LogP contribution in [0.4, 0.5) is 11.4 Å². The highest BCUT2D eigenvalue weighted by molar-refractivity contribution is 5.63. The Morgan fingerprint density at radius 1 is 1.32 bits per heavy atom. The van der Waals surface area contributed by atoms with Gasteiger partial charge in [0, 0.05) is 11.7 Å². The van der Waals surface area contributed by atoms with Crippen LogP contribution in [0.15, 0.2) is 18.2 Å². The molecule has 0 atom stereocenters. The summed E-state index contributed by atoms with van der Waals surface area (Å²) in [5, 5.41) is 12.7. The highest BCUT2D eigenvalue weighted by Gasteiger charge is 2.20. The van der Waals surface area contributed by atoms with Gasteiger partial charge in [0.15, 0.2) is 0 Å². The molecule has 1 saturated carbocycles. The number of benzene rings is 1. The van der Waals surface area contributed by atoms with Crippen molar-refractivity contribution in [1.82, 2.24) is 0 Å². The minimum atomic E-state index is 0.504. The van der Waals surface area contributed by atoms with E-state index in [0.717, 1.165) is 11.6 Å². The van der Waals surface area contributed by atoms with Crippen LogP contribution in [0.5, 0.6) is 0 Å². The van der Waals surface area contributed by atoms with E-state index >= 15 is 0 Å². The zero-order valence-electron chi connectivity index (χ0n) is 11.7. The molecule has 2 rings (SSSR count). The van der Waals surface area contributed by atoms with Gasteiger partial charge in [-0.3, -0.25) is 0 Å². The Hall–Kier alpha value is -1.69. The lowest BCUT2D eigenvalue weighted by molar-refractivity contribution is 0.319. The molecule has 1 aromatic rings. The van der Waals surface area contributed by atoms with Gasteiger partial charge < -0.3 is 11.1 Å². The maximum Gasteiger partial charge on any atom is 0.101 e. The third kappa shape index (κ3) is 3.64. The van der Waals surface area contributed by atoms with E-state index in [2.05, 4.69) is 18.3 Å². The van der Waals surface area contributed by atoms with Crippen molar-refractivity contribution in [2.24, 2.45) is 5.92 Å². The van der Waals surface area contributed by atoms with E-state index in [9.17, 15) is 0 Å². The van der Waals surface area contributed by atoms with E-state index < -0.39 is 0 Å². The topological polar surface area (TPSA) is 61.8 Å². The number of hydrogen-bond donors (Lipinski definition) is 2. The van der Waals surface area contributed by atoms with Gasteiger partial charge in [0.25, 0.3) is 0 Å². The zero-order chi connectivity index (χ0) is 13.7. The molecule has 3 nitrogen and oxygen atoms in total. The van der Waals surface area contributed by atoms with Crippen molar-refractivity contribution >= 4 is 11.4 Å². The van der Waals surface area contributed by atoms with Crippen LogP contribution in [-0.4, -0.2) is 6.04 Å². The molecule has 0 bridgehead atoms. The first-order valence-corrected chi connectivity index (χ1v) is 7.29. The molecule has 0 amide bonds. The molecule has 3 N–H and O–H groups in total. The standard InChI is InChI=1S/C16H23N3/c1-2-3-12-4-7-15(8-5-12)19-16-9-6-14(18)10-13(16)11-17/h6,9-10,12,15,19H,2-5,7-8,18H2,1H3. The molecule has 0 aromatic heterocycles. The molecule has 0 spiro atoms. The van der Waals surface area contributed by atoms with Crippen LogP contribution in [0.1, 0.15) is 51.0 Å². The predicted molar refractivity (Wildman–Crippen MR) is 79.8 cm³/mol. The van der Waals surface area contributed by atoms with Crippen LogP contribution in [0, 0.1) is 17.2 Å². The van der Waals surface area contributed by atoms with E-state index in [1.54, 1.807) is 6.07 Å². The van der Waals surface area contributed by atoms with Crippen molar-refractivity contribution in [1.29, 1.82) is 5.26 Å². The second-order valence-electron chi connectivity index (χ2n) is 5.57. The largest absolute Gasteiger partial charge is 0.399 e. The molecule has 0 aliphatic heterocycles. The summed E-state index contributed by atoms with van der Waals surface area (Å²) in [6, 6.07) is 8.23. The van der Waals surface area contributed by atoms with Gasteiger partial charge >= 0.3 is 0 Å². The van der Waals surface area contributed by atoms with Crippen molar-refractivity contribution in [2.45, 2.75) is 51.5 Å². The molecule has 0 radical (unpaired) electrons. The number of nitrogen functional groups attached to an aromatic ring is 1. The Labute approximate surface area is 115 Å². The maximum atomic E-state index is 9.14. The minimum absolute atomic E-state index is 0.504. The molecule has 3 heteroatoms. The number of hydrogen-bond acceptors (Lipinski definition) is 3. The SMILES string of the molecule is CCCC1CCC(Nc2ccc(N)cc2C#N)CC1. The Morgan fingerprint density at radius 3 is 2.68 bits per heavy atom. The summed E-state index contributed by atoms with van der Waals surface area (Å²) in [6.07, 6.45) is 7.68. The van der Waals surface area contributed by atoms with E-state index in [-0.39, 0.29) is 0 Å². The lowest BCUT2D eigenvalue weighted by atomic mass is 9.83. The Balaban J connectivity index is 1.94. The fourth-order valence-corrected chi connectivity index (χ4v) is 3.00. The summed E-state index contributed by atoms with van der Waals surface area (Å²) in [5.41, 5.74) is 7.93. The number of nitrogens with zero attached hydrogens (tertiary/aromatic N) is 1. The van der Waals surface area contributed by atoms with E-state index in [1.807, 2.05) is 12.1 Å². The first-order valence-electron chi connectivity index (χ1n) is 7.29. The van der Waals surface area contributed by atoms with Crippen molar-refractivity contribution < 1.29 is 0 Å². The molecule has 0 heterocycles. The van der Waals surface area contributed by atoms with Crippen molar-refractivity contribution in [2.75, 3.05) is 11.1 Å². The van der Waals surface area contributed by atoms with Crippen molar-refractivity contribution in [3.05, 3.63) is 23.8 Å². The fourth-order valence-electron chi connectivity index (χ4n) is 3.00. The summed E-state index contributed by atoms with van der Waals surface area (Å²) < 4.78 is 0. The average molecular weight is 257 g/mol. The number of nitrogens with two attached hydrogens (primary N) is 1. The maximum absolute atomic E-state index is 9.14. The van der Waals surface area contributed by atoms with E-state index in [0.29, 0.717) is 17.3 Å². The normalized spacial score (nSPS) is 22.7. The number of rotatable bonds is 4. The molecule has 1 aromatic carbocycles. The van der Waals surface area contributed by atoms with Gasteiger partial charge in [0.2, 0.25) is 0 Å². The highest BCUT2D eigenvalue weighted by Crippen LogP contribution is 2.30. The molecule has 1 aliphatic carbocycles. The minimum Gasteiger partial charge on any atom is -0.399 e. The van der Waals surface area contributed by atoms with Crippen LogP contribution < -0.4 is 11.1 Å². The van der Waals surface area contributed by atoms with Gasteiger partial charge in [0.1, 0.15) is 6.07 Å². The van der Waals surface area contributed by atoms with Gasteiger partial charge in [-0.1, -0.05) is 19.8 Å². The highest BCUT2D eigenvalue weighted by atomic mass is 14.9. The first kappa shape index (κ1) is 13.7. The molecule has 1 fully saturated rings. The monoisotopic (exact) mass is 257 g/mol. The number of nitriles is 1. The lowest BCUT2D eigenvalue weighted by Gasteiger charge is -2.29. The number of anilines is 2.